The third-order valence-corrected chi connectivity index (χ3v) is 3.89. The number of nitro groups is 1. The highest BCUT2D eigenvalue weighted by atomic mass is 35.5. The number of nitro benzene ring substituents is 1. The van der Waals surface area contributed by atoms with Crippen LogP contribution in [0.3, 0.4) is 0 Å². The Morgan fingerprint density at radius 2 is 2.04 bits per heavy atom. The molecule has 0 heterocycles. The van der Waals surface area contributed by atoms with Crippen molar-refractivity contribution in [2.24, 2.45) is 0 Å². The van der Waals surface area contributed by atoms with Crippen molar-refractivity contribution in [2.45, 2.75) is 0 Å². The molecule has 0 aliphatic carbocycles. The van der Waals surface area contributed by atoms with Gasteiger partial charge in [0.05, 0.1) is 22.1 Å². The Kier molecular flexibility index (Phi) is 7.67. The van der Waals surface area contributed by atoms with Crippen LogP contribution in [0.1, 0.15) is 15.9 Å². The van der Waals surface area contributed by atoms with Crippen molar-refractivity contribution in [1.29, 1.82) is 0 Å². The number of anilines is 1. The highest BCUT2D eigenvalue weighted by Crippen LogP contribution is 2.21. The topological polar surface area (TPSA) is 111 Å². The number of ether oxygens (including phenoxy) is 1. The van der Waals surface area contributed by atoms with Crippen molar-refractivity contribution in [2.75, 3.05) is 25.6 Å². The molecule has 2 aromatic rings. The van der Waals surface area contributed by atoms with Gasteiger partial charge in [-0.05, 0) is 29.8 Å². The minimum absolute atomic E-state index is 0.0614. The number of halogens is 1. The van der Waals surface area contributed by atoms with E-state index in [-0.39, 0.29) is 22.2 Å². The van der Waals surface area contributed by atoms with E-state index in [9.17, 15) is 19.7 Å². The second-order valence-electron chi connectivity index (χ2n) is 5.62. The Morgan fingerprint density at radius 3 is 2.71 bits per heavy atom. The molecule has 28 heavy (non-hydrogen) atoms. The van der Waals surface area contributed by atoms with Crippen LogP contribution in [0.15, 0.2) is 48.5 Å². The van der Waals surface area contributed by atoms with Crippen molar-refractivity contribution in [3.63, 3.8) is 0 Å². The molecule has 9 heteroatoms. The zero-order chi connectivity index (χ0) is 20.5. The Hall–Kier alpha value is -3.23. The molecule has 2 amide bonds. The molecule has 0 aliphatic rings. The summed E-state index contributed by atoms with van der Waals surface area (Å²) in [4.78, 5) is 34.3. The van der Waals surface area contributed by atoms with Crippen LogP contribution in [0.2, 0.25) is 5.02 Å². The summed E-state index contributed by atoms with van der Waals surface area (Å²) < 4.78 is 4.86. The van der Waals surface area contributed by atoms with Crippen LogP contribution in [-0.2, 0) is 9.53 Å². The largest absolute Gasteiger partial charge is 0.383 e. The Morgan fingerprint density at radius 1 is 1.25 bits per heavy atom. The van der Waals surface area contributed by atoms with Gasteiger partial charge in [-0.1, -0.05) is 23.7 Å². The van der Waals surface area contributed by atoms with Gasteiger partial charge in [-0.15, -0.1) is 0 Å². The summed E-state index contributed by atoms with van der Waals surface area (Å²) in [6.45, 7) is 0.737. The lowest BCUT2D eigenvalue weighted by atomic mass is 10.1. The fourth-order valence-electron chi connectivity index (χ4n) is 2.24. The number of nitrogens with one attached hydrogen (secondary N) is 2. The van der Waals surface area contributed by atoms with Gasteiger partial charge in [0.25, 0.3) is 11.6 Å². The van der Waals surface area contributed by atoms with E-state index in [4.69, 9.17) is 16.3 Å². The average molecular weight is 404 g/mol. The lowest BCUT2D eigenvalue weighted by Crippen LogP contribution is -2.27. The number of methoxy groups -OCH3 is 1. The maximum atomic E-state index is 12.0. The summed E-state index contributed by atoms with van der Waals surface area (Å²) in [7, 11) is 1.53. The molecule has 0 aliphatic heterocycles. The molecule has 146 valence electrons. The van der Waals surface area contributed by atoms with E-state index in [1.54, 1.807) is 12.1 Å². The summed E-state index contributed by atoms with van der Waals surface area (Å²) in [5.74, 6) is -0.787. The van der Waals surface area contributed by atoms with Gasteiger partial charge in [-0.25, -0.2) is 0 Å². The minimum Gasteiger partial charge on any atom is -0.383 e. The van der Waals surface area contributed by atoms with Gasteiger partial charge in [0.15, 0.2) is 0 Å². The Balaban J connectivity index is 2.00. The molecular formula is C19H18ClN3O5. The van der Waals surface area contributed by atoms with E-state index < -0.39 is 10.8 Å². The smallest absolute Gasteiger partial charge is 0.270 e. The molecule has 0 unspecified atom stereocenters. The summed E-state index contributed by atoms with van der Waals surface area (Å²) in [6, 6.07) is 10.4. The van der Waals surface area contributed by atoms with Crippen LogP contribution in [0.4, 0.5) is 11.4 Å². The predicted molar refractivity (Wildman–Crippen MR) is 106 cm³/mol. The number of benzene rings is 2. The first-order valence-electron chi connectivity index (χ1n) is 8.21. The SMILES string of the molecule is COCCNC(=O)c1ccc(NC(=O)/C=C/c2cccc([N+](=O)[O-])c2)cc1Cl. The Labute approximate surface area is 166 Å². The molecule has 0 spiro atoms. The van der Waals surface area contributed by atoms with Gasteiger partial charge in [-0.3, -0.25) is 19.7 Å². The van der Waals surface area contributed by atoms with Crippen LogP contribution in [-0.4, -0.2) is 37.0 Å². The van der Waals surface area contributed by atoms with E-state index in [0.717, 1.165) is 0 Å². The lowest BCUT2D eigenvalue weighted by molar-refractivity contribution is -0.384. The van der Waals surface area contributed by atoms with Crippen LogP contribution in [0.25, 0.3) is 6.08 Å². The van der Waals surface area contributed by atoms with Gasteiger partial charge >= 0.3 is 0 Å². The maximum absolute atomic E-state index is 12.0. The van der Waals surface area contributed by atoms with Gasteiger partial charge < -0.3 is 15.4 Å². The second-order valence-corrected chi connectivity index (χ2v) is 6.03. The quantitative estimate of drug-likeness (QED) is 0.304. The number of nitrogens with zero attached hydrogens (tertiary/aromatic N) is 1. The predicted octanol–water partition coefficient (Wildman–Crippen LogP) is 3.28. The molecule has 2 N–H and O–H groups in total. The van der Waals surface area contributed by atoms with Gasteiger partial charge in [0.2, 0.25) is 5.91 Å². The summed E-state index contributed by atoms with van der Waals surface area (Å²) >= 11 is 6.12. The third kappa shape index (κ3) is 6.19. The first kappa shape index (κ1) is 21.1. The number of carbonyl (C=O) groups excluding carboxylic acids is 2. The van der Waals surface area contributed by atoms with E-state index in [1.165, 1.54) is 49.6 Å². The van der Waals surface area contributed by atoms with Gasteiger partial charge in [0.1, 0.15) is 0 Å². The summed E-state index contributed by atoms with van der Waals surface area (Å²) in [6.07, 6.45) is 2.71. The monoisotopic (exact) mass is 403 g/mol. The summed E-state index contributed by atoms with van der Waals surface area (Å²) in [5, 5.41) is 16.2. The second kappa shape index (κ2) is 10.2. The number of rotatable bonds is 8. The first-order chi connectivity index (χ1) is 13.4. The number of hydrogen-bond acceptors (Lipinski definition) is 5. The highest BCUT2D eigenvalue weighted by molar-refractivity contribution is 6.34. The molecule has 0 saturated carbocycles. The fraction of sp³-hybridized carbons (Fsp3) is 0.158. The molecule has 0 fully saturated rings. The van der Waals surface area contributed by atoms with Crippen molar-refractivity contribution >= 4 is 40.9 Å². The minimum atomic E-state index is -0.508. The van der Waals surface area contributed by atoms with Crippen LogP contribution >= 0.6 is 11.6 Å². The standard InChI is InChI=1S/C19H18ClN3O5/c1-28-10-9-21-19(25)16-7-6-14(12-17(16)20)22-18(24)8-5-13-3-2-4-15(11-13)23(26)27/h2-8,11-12H,9-10H2,1H3,(H,21,25)(H,22,24)/b8-5+. The molecule has 2 aromatic carbocycles. The Bertz CT molecular complexity index is 914. The number of hydrogen-bond donors (Lipinski definition) is 2. The van der Waals surface area contributed by atoms with Gasteiger partial charge in [-0.2, -0.15) is 0 Å². The molecular weight excluding hydrogens is 386 g/mol. The zero-order valence-corrected chi connectivity index (χ0v) is 15.7. The van der Waals surface area contributed by atoms with Crippen LogP contribution in [0, 0.1) is 10.1 Å². The molecule has 0 bridgehead atoms. The zero-order valence-electron chi connectivity index (χ0n) is 15.0. The number of amides is 2. The lowest BCUT2D eigenvalue weighted by Gasteiger charge is -2.08. The first-order valence-corrected chi connectivity index (χ1v) is 8.58. The van der Waals surface area contributed by atoms with Gasteiger partial charge in [0, 0.05) is 37.6 Å². The third-order valence-electron chi connectivity index (χ3n) is 3.58. The van der Waals surface area contributed by atoms with Crippen LogP contribution in [0.5, 0.6) is 0 Å². The van der Waals surface area contributed by atoms with E-state index >= 15 is 0 Å². The number of carbonyl (C=O) groups is 2. The summed E-state index contributed by atoms with van der Waals surface area (Å²) in [5.41, 5.74) is 1.15. The molecule has 8 nitrogen and oxygen atoms in total. The average Bonchev–Trinajstić information content (AvgIpc) is 2.67. The molecule has 0 radical (unpaired) electrons. The highest BCUT2D eigenvalue weighted by Gasteiger charge is 2.11. The molecule has 2 rings (SSSR count). The fourth-order valence-corrected chi connectivity index (χ4v) is 2.50. The molecule has 0 saturated heterocycles. The van der Waals surface area contributed by atoms with E-state index in [0.29, 0.717) is 24.4 Å². The molecule has 0 atom stereocenters. The van der Waals surface area contributed by atoms with E-state index in [2.05, 4.69) is 10.6 Å². The van der Waals surface area contributed by atoms with Crippen molar-refractivity contribution in [1.82, 2.24) is 5.32 Å². The molecule has 0 aromatic heterocycles. The normalized spacial score (nSPS) is 10.6. The van der Waals surface area contributed by atoms with E-state index in [1.807, 2.05) is 0 Å². The maximum Gasteiger partial charge on any atom is 0.270 e. The number of non-ortho nitro benzene ring substituents is 1. The van der Waals surface area contributed by atoms with Crippen LogP contribution < -0.4 is 10.6 Å². The van der Waals surface area contributed by atoms with Crippen molar-refractivity contribution in [3.05, 3.63) is 74.8 Å². The van der Waals surface area contributed by atoms with Crippen molar-refractivity contribution < 1.29 is 19.2 Å². The van der Waals surface area contributed by atoms with Crippen molar-refractivity contribution in [3.8, 4) is 0 Å².